The van der Waals surface area contributed by atoms with Crippen molar-refractivity contribution in [3.05, 3.63) is 0 Å². The second-order valence-corrected chi connectivity index (χ2v) is 4.88. The molecule has 9 nitrogen and oxygen atoms in total. The number of hydrogen-bond acceptors (Lipinski definition) is 7. The molecule has 21 heavy (non-hydrogen) atoms. The van der Waals surface area contributed by atoms with Crippen LogP contribution in [0.1, 0.15) is 13.3 Å². The minimum Gasteiger partial charge on any atom is -0.477 e. The van der Waals surface area contributed by atoms with Crippen LogP contribution in [0.3, 0.4) is 0 Å². The van der Waals surface area contributed by atoms with Crippen LogP contribution in [-0.4, -0.2) is 80.3 Å². The van der Waals surface area contributed by atoms with E-state index < -0.39 is 61.2 Å². The van der Waals surface area contributed by atoms with Crippen molar-refractivity contribution < 1.29 is 44.2 Å². The fraction of sp³-hybridized carbons (Fsp3) is 0.818. The summed E-state index contributed by atoms with van der Waals surface area (Å²) in [5.41, 5.74) is 0. The number of aliphatic hydroxyl groups is 4. The number of hydrogen-bond donors (Lipinski definition) is 6. The van der Waals surface area contributed by atoms with E-state index >= 15 is 0 Å². The molecule has 1 saturated heterocycles. The summed E-state index contributed by atoms with van der Waals surface area (Å²) < 4.78 is 17.2. The summed E-state index contributed by atoms with van der Waals surface area (Å²) >= 11 is 0. The highest BCUT2D eigenvalue weighted by atomic mass is 19.1. The average Bonchev–Trinajstić information content (AvgIpc) is 2.39. The molecule has 1 heterocycles. The Labute approximate surface area is 119 Å². The van der Waals surface area contributed by atoms with Crippen molar-refractivity contribution in [3.63, 3.8) is 0 Å². The van der Waals surface area contributed by atoms with Gasteiger partial charge < -0.3 is 35.6 Å². The predicted octanol–water partition coefficient (Wildman–Crippen LogP) is -2.89. The van der Waals surface area contributed by atoms with Crippen molar-refractivity contribution in [1.29, 1.82) is 0 Å². The number of aliphatic carboxylic acids is 1. The third kappa shape index (κ3) is 3.86. The molecule has 1 unspecified atom stereocenters. The molecule has 122 valence electrons. The summed E-state index contributed by atoms with van der Waals surface area (Å²) in [7, 11) is 0. The first kappa shape index (κ1) is 17.7. The van der Waals surface area contributed by atoms with Gasteiger partial charge in [-0.05, 0) is 0 Å². The van der Waals surface area contributed by atoms with E-state index in [4.69, 9.17) is 9.84 Å². The predicted molar refractivity (Wildman–Crippen MR) is 63.7 cm³/mol. The SMILES string of the molecule is CC(=O)N[C@H]1[C@H]([C@H](O)[C@H](O)CF)OC(O)(C(=O)O)C[C@@H]1O. The lowest BCUT2D eigenvalue weighted by atomic mass is 9.89. The third-order valence-electron chi connectivity index (χ3n) is 3.18. The molecule has 1 aliphatic rings. The van der Waals surface area contributed by atoms with E-state index in [1.807, 2.05) is 0 Å². The molecule has 0 spiro atoms. The number of carbonyl (C=O) groups excluding carboxylic acids is 1. The van der Waals surface area contributed by atoms with Crippen molar-refractivity contribution >= 4 is 11.9 Å². The molecular formula is C11H18FNO8. The van der Waals surface area contributed by atoms with Crippen LogP contribution in [-0.2, 0) is 14.3 Å². The van der Waals surface area contributed by atoms with Crippen LogP contribution in [0.25, 0.3) is 0 Å². The van der Waals surface area contributed by atoms with E-state index in [1.165, 1.54) is 0 Å². The molecular weight excluding hydrogens is 293 g/mol. The van der Waals surface area contributed by atoms with Crippen LogP contribution in [0.4, 0.5) is 4.39 Å². The second-order valence-electron chi connectivity index (χ2n) is 4.88. The first-order valence-corrected chi connectivity index (χ1v) is 6.13. The zero-order valence-corrected chi connectivity index (χ0v) is 11.1. The first-order chi connectivity index (χ1) is 9.62. The van der Waals surface area contributed by atoms with Crippen molar-refractivity contribution in [2.45, 2.75) is 49.6 Å². The minimum absolute atomic E-state index is 0.629. The number of alkyl halides is 1. The van der Waals surface area contributed by atoms with Crippen LogP contribution in [0.15, 0.2) is 0 Å². The van der Waals surface area contributed by atoms with Gasteiger partial charge in [0, 0.05) is 13.3 Å². The number of carbonyl (C=O) groups is 2. The Hall–Kier alpha value is -1.33. The lowest BCUT2D eigenvalue weighted by Crippen LogP contribution is -2.67. The average molecular weight is 311 g/mol. The van der Waals surface area contributed by atoms with Crippen LogP contribution in [0.5, 0.6) is 0 Å². The quantitative estimate of drug-likeness (QED) is 0.316. The number of rotatable bonds is 5. The Kier molecular flexibility index (Phi) is 5.59. The van der Waals surface area contributed by atoms with E-state index in [-0.39, 0.29) is 0 Å². The molecule has 0 aromatic carbocycles. The zero-order chi connectivity index (χ0) is 16.4. The highest BCUT2D eigenvalue weighted by Gasteiger charge is 2.53. The Balaban J connectivity index is 3.07. The Morgan fingerprint density at radius 3 is 2.48 bits per heavy atom. The number of carboxylic acids is 1. The summed E-state index contributed by atoms with van der Waals surface area (Å²) in [4.78, 5) is 22.1. The monoisotopic (exact) mass is 311 g/mol. The smallest absolute Gasteiger partial charge is 0.364 e. The fourth-order valence-electron chi connectivity index (χ4n) is 2.12. The topological polar surface area (TPSA) is 157 Å². The van der Waals surface area contributed by atoms with E-state index in [2.05, 4.69) is 5.32 Å². The third-order valence-corrected chi connectivity index (χ3v) is 3.18. The Morgan fingerprint density at radius 2 is 2.05 bits per heavy atom. The Morgan fingerprint density at radius 1 is 1.48 bits per heavy atom. The maximum absolute atomic E-state index is 12.4. The molecule has 0 radical (unpaired) electrons. The molecule has 1 rings (SSSR count). The van der Waals surface area contributed by atoms with Crippen LogP contribution in [0.2, 0.25) is 0 Å². The van der Waals surface area contributed by atoms with Crippen molar-refractivity contribution in [2.75, 3.05) is 6.67 Å². The standard InChI is InChI=1S/C11H18FNO8/c1-4(14)13-7-5(15)2-11(20,10(18)19)21-9(7)8(17)6(16)3-12/h5-9,15-17,20H,2-3H2,1H3,(H,13,14)(H,18,19)/t5-,6+,7+,8+,9+,11?/m0/s1. The fourth-order valence-corrected chi connectivity index (χ4v) is 2.12. The van der Waals surface area contributed by atoms with Gasteiger partial charge in [-0.3, -0.25) is 4.79 Å². The van der Waals surface area contributed by atoms with E-state index in [0.29, 0.717) is 0 Å². The lowest BCUT2D eigenvalue weighted by molar-refractivity contribution is -0.294. The number of amides is 1. The van der Waals surface area contributed by atoms with Gasteiger partial charge in [-0.2, -0.15) is 0 Å². The van der Waals surface area contributed by atoms with Crippen molar-refractivity contribution in [2.24, 2.45) is 0 Å². The van der Waals surface area contributed by atoms with Crippen LogP contribution >= 0.6 is 0 Å². The van der Waals surface area contributed by atoms with E-state index in [0.717, 1.165) is 6.92 Å². The molecule has 10 heteroatoms. The second kappa shape index (κ2) is 6.62. The zero-order valence-electron chi connectivity index (χ0n) is 11.1. The van der Waals surface area contributed by atoms with Gasteiger partial charge in [0.25, 0.3) is 5.79 Å². The molecule has 0 aromatic heterocycles. The van der Waals surface area contributed by atoms with Crippen LogP contribution < -0.4 is 5.32 Å². The molecule has 6 atom stereocenters. The van der Waals surface area contributed by atoms with Crippen molar-refractivity contribution in [1.82, 2.24) is 5.32 Å². The number of ether oxygens (including phenoxy) is 1. The van der Waals surface area contributed by atoms with Gasteiger partial charge in [0.2, 0.25) is 5.91 Å². The maximum atomic E-state index is 12.4. The van der Waals surface area contributed by atoms with Gasteiger partial charge >= 0.3 is 5.97 Å². The molecule has 1 aliphatic heterocycles. The summed E-state index contributed by atoms with van der Waals surface area (Å²) in [6, 6.07) is -1.32. The van der Waals surface area contributed by atoms with Gasteiger partial charge in [-0.15, -0.1) is 0 Å². The molecule has 0 saturated carbocycles. The molecule has 0 aliphatic carbocycles. The number of carboxylic acid groups (broad SMARTS) is 1. The first-order valence-electron chi connectivity index (χ1n) is 6.13. The Bertz CT molecular complexity index is 408. The largest absolute Gasteiger partial charge is 0.477 e. The van der Waals surface area contributed by atoms with Gasteiger partial charge in [0.05, 0.1) is 12.1 Å². The van der Waals surface area contributed by atoms with E-state index in [1.54, 1.807) is 0 Å². The lowest BCUT2D eigenvalue weighted by Gasteiger charge is -2.44. The molecule has 1 fully saturated rings. The number of aliphatic hydroxyl groups excluding tert-OH is 3. The maximum Gasteiger partial charge on any atom is 0.364 e. The molecule has 0 bridgehead atoms. The molecule has 0 aromatic rings. The van der Waals surface area contributed by atoms with Gasteiger partial charge in [0.1, 0.15) is 25.0 Å². The molecule has 6 N–H and O–H groups in total. The normalized spacial score (nSPS) is 35.8. The molecule has 1 amide bonds. The number of nitrogens with one attached hydrogen (secondary N) is 1. The van der Waals surface area contributed by atoms with Gasteiger partial charge in [0.15, 0.2) is 0 Å². The van der Waals surface area contributed by atoms with Gasteiger partial charge in [-0.25, -0.2) is 9.18 Å². The van der Waals surface area contributed by atoms with Gasteiger partial charge in [-0.1, -0.05) is 0 Å². The summed E-state index contributed by atoms with van der Waals surface area (Å²) in [6.45, 7) is -0.269. The highest BCUT2D eigenvalue weighted by molar-refractivity contribution is 5.76. The summed E-state index contributed by atoms with van der Waals surface area (Å²) in [5, 5.41) is 49.8. The van der Waals surface area contributed by atoms with E-state index in [9.17, 15) is 34.4 Å². The summed E-state index contributed by atoms with van der Waals surface area (Å²) in [6.07, 6.45) is -7.98. The minimum atomic E-state index is -2.82. The highest BCUT2D eigenvalue weighted by Crippen LogP contribution is 2.30. The summed E-state index contributed by atoms with van der Waals surface area (Å²) in [5.74, 6) is -5.28. The van der Waals surface area contributed by atoms with Crippen molar-refractivity contribution in [3.8, 4) is 0 Å². The van der Waals surface area contributed by atoms with Crippen LogP contribution in [0, 0.1) is 0 Å². The number of halogens is 1.